The van der Waals surface area contributed by atoms with E-state index < -0.39 is 11.9 Å². The number of carbonyl (C=O) groups is 1. The van der Waals surface area contributed by atoms with E-state index in [0.29, 0.717) is 11.4 Å². The van der Waals surface area contributed by atoms with Gasteiger partial charge in [0.1, 0.15) is 18.0 Å². The normalized spacial score (nSPS) is 11.4. The number of nitrogens with one attached hydrogen (secondary N) is 1. The minimum atomic E-state index is -4.65. The number of anilines is 1. The first-order chi connectivity index (χ1) is 16.6. The molecule has 35 heavy (non-hydrogen) atoms. The number of benzene rings is 3. The molecule has 0 bridgehead atoms. The van der Waals surface area contributed by atoms with E-state index in [4.69, 9.17) is 27.9 Å². The topological polar surface area (TPSA) is 56.1 Å². The second-order valence-corrected chi connectivity index (χ2v) is 8.39. The average molecular weight is 520 g/mol. The Labute approximate surface area is 209 Å². The van der Waals surface area contributed by atoms with Gasteiger partial charge in [0.05, 0.1) is 15.7 Å². The molecule has 0 unspecified atom stereocenters. The number of alkyl halides is 3. The lowest BCUT2D eigenvalue weighted by molar-refractivity contribution is -0.141. The third kappa shape index (κ3) is 5.78. The van der Waals surface area contributed by atoms with E-state index in [1.54, 1.807) is 30.3 Å². The number of ether oxygens (including phenoxy) is 1. The first-order valence-electron chi connectivity index (χ1n) is 10.3. The summed E-state index contributed by atoms with van der Waals surface area (Å²) in [5.41, 5.74) is 1.71. The Hall–Kier alpha value is -3.49. The van der Waals surface area contributed by atoms with Crippen molar-refractivity contribution in [3.63, 3.8) is 0 Å². The van der Waals surface area contributed by atoms with Crippen LogP contribution in [0.25, 0.3) is 16.8 Å². The van der Waals surface area contributed by atoms with Crippen molar-refractivity contribution in [3.8, 4) is 22.6 Å². The highest BCUT2D eigenvalue weighted by atomic mass is 35.5. The number of para-hydroxylation sites is 1. The van der Waals surface area contributed by atoms with Gasteiger partial charge in [-0.2, -0.15) is 18.3 Å². The molecule has 5 nitrogen and oxygen atoms in total. The van der Waals surface area contributed by atoms with Crippen molar-refractivity contribution in [1.82, 2.24) is 9.78 Å². The van der Waals surface area contributed by atoms with E-state index in [0.717, 1.165) is 21.9 Å². The van der Waals surface area contributed by atoms with Gasteiger partial charge < -0.3 is 10.1 Å². The molecule has 4 rings (SSSR count). The summed E-state index contributed by atoms with van der Waals surface area (Å²) in [5, 5.41) is 6.70. The van der Waals surface area contributed by atoms with Crippen molar-refractivity contribution in [2.75, 3.05) is 5.32 Å². The first-order valence-corrected chi connectivity index (χ1v) is 11.1. The van der Waals surface area contributed by atoms with Gasteiger partial charge in [-0.3, -0.25) is 4.79 Å². The van der Waals surface area contributed by atoms with E-state index >= 15 is 0 Å². The van der Waals surface area contributed by atoms with Crippen LogP contribution in [0, 0.1) is 0 Å². The van der Waals surface area contributed by atoms with Crippen LogP contribution in [0.4, 0.5) is 18.9 Å². The Morgan fingerprint density at radius 3 is 2.09 bits per heavy atom. The molecule has 0 radical (unpaired) electrons. The van der Waals surface area contributed by atoms with Crippen LogP contribution in [-0.4, -0.2) is 15.7 Å². The summed E-state index contributed by atoms with van der Waals surface area (Å²) >= 11 is 12.4. The maximum absolute atomic E-state index is 13.4. The molecule has 0 saturated carbocycles. The number of halogens is 5. The molecule has 10 heteroatoms. The third-order valence-electron chi connectivity index (χ3n) is 5.00. The highest BCUT2D eigenvalue weighted by molar-refractivity contribution is 6.37. The minimum absolute atomic E-state index is 0.130. The molecule has 1 aromatic heterocycles. The summed E-state index contributed by atoms with van der Waals surface area (Å²) < 4.78 is 46.9. The lowest BCUT2D eigenvalue weighted by Crippen LogP contribution is -2.09. The second-order valence-electron chi connectivity index (χ2n) is 7.57. The largest absolute Gasteiger partial charge is 0.487 e. The SMILES string of the molecule is CC(=O)Nc1ccc(-c2ccc(OCc3cc(C(F)(F)F)nn3-c3c(Cl)cccc3Cl)cc2)cc1. The molecule has 0 atom stereocenters. The Bertz CT molecular complexity index is 1330. The molecular weight excluding hydrogens is 502 g/mol. The zero-order valence-corrected chi connectivity index (χ0v) is 19.7. The zero-order valence-electron chi connectivity index (χ0n) is 18.2. The van der Waals surface area contributed by atoms with Gasteiger partial charge in [0, 0.05) is 12.6 Å². The lowest BCUT2D eigenvalue weighted by atomic mass is 10.1. The summed E-state index contributed by atoms with van der Waals surface area (Å²) in [7, 11) is 0. The van der Waals surface area contributed by atoms with Crippen LogP contribution in [-0.2, 0) is 17.6 Å². The Morgan fingerprint density at radius 1 is 0.971 bits per heavy atom. The van der Waals surface area contributed by atoms with E-state index in [1.807, 2.05) is 24.3 Å². The van der Waals surface area contributed by atoms with Crippen molar-refractivity contribution in [2.24, 2.45) is 0 Å². The molecule has 1 N–H and O–H groups in total. The maximum Gasteiger partial charge on any atom is 0.435 e. The van der Waals surface area contributed by atoms with Crippen LogP contribution in [0.15, 0.2) is 72.8 Å². The molecule has 3 aromatic carbocycles. The summed E-state index contributed by atoms with van der Waals surface area (Å²) in [6, 6.07) is 19.9. The predicted octanol–water partition coefficient (Wildman–Crippen LogP) is 7.40. The number of rotatable bonds is 6. The molecule has 1 heterocycles. The van der Waals surface area contributed by atoms with E-state index in [1.165, 1.54) is 19.1 Å². The monoisotopic (exact) mass is 519 g/mol. The van der Waals surface area contributed by atoms with Gasteiger partial charge in [0.25, 0.3) is 0 Å². The van der Waals surface area contributed by atoms with Crippen molar-refractivity contribution >= 4 is 34.8 Å². The average Bonchev–Trinajstić information content (AvgIpc) is 3.22. The van der Waals surface area contributed by atoms with Crippen molar-refractivity contribution in [2.45, 2.75) is 19.7 Å². The van der Waals surface area contributed by atoms with Gasteiger partial charge in [0.2, 0.25) is 5.91 Å². The van der Waals surface area contributed by atoms with Crippen LogP contribution >= 0.6 is 23.2 Å². The van der Waals surface area contributed by atoms with Gasteiger partial charge in [0.15, 0.2) is 5.69 Å². The van der Waals surface area contributed by atoms with Crippen LogP contribution in [0.1, 0.15) is 18.3 Å². The van der Waals surface area contributed by atoms with Crippen molar-refractivity contribution < 1.29 is 22.7 Å². The van der Waals surface area contributed by atoms with Gasteiger partial charge in [-0.1, -0.05) is 53.5 Å². The number of aromatic nitrogens is 2. The summed E-state index contributed by atoms with van der Waals surface area (Å²) in [4.78, 5) is 11.2. The number of carbonyl (C=O) groups excluding carboxylic acids is 1. The quantitative estimate of drug-likeness (QED) is 0.288. The number of nitrogens with zero attached hydrogens (tertiary/aromatic N) is 2. The van der Waals surface area contributed by atoms with E-state index in [-0.39, 0.29) is 33.9 Å². The molecule has 4 aromatic rings. The second kappa shape index (κ2) is 10.0. The minimum Gasteiger partial charge on any atom is -0.487 e. The molecule has 0 spiro atoms. The fourth-order valence-electron chi connectivity index (χ4n) is 3.40. The van der Waals surface area contributed by atoms with Crippen molar-refractivity contribution in [3.05, 3.63) is 94.2 Å². The van der Waals surface area contributed by atoms with Crippen LogP contribution < -0.4 is 10.1 Å². The zero-order chi connectivity index (χ0) is 25.2. The van der Waals surface area contributed by atoms with Gasteiger partial charge in [-0.05, 0) is 53.6 Å². The van der Waals surface area contributed by atoms with Crippen LogP contribution in [0.5, 0.6) is 5.75 Å². The predicted molar refractivity (Wildman–Crippen MR) is 129 cm³/mol. The van der Waals surface area contributed by atoms with Gasteiger partial charge in [-0.25, -0.2) is 4.68 Å². The van der Waals surface area contributed by atoms with Crippen LogP contribution in [0.3, 0.4) is 0 Å². The first kappa shape index (κ1) is 24.6. The van der Waals surface area contributed by atoms with E-state index in [2.05, 4.69) is 10.4 Å². The van der Waals surface area contributed by atoms with Crippen molar-refractivity contribution in [1.29, 1.82) is 0 Å². The fraction of sp³-hybridized carbons (Fsp3) is 0.120. The maximum atomic E-state index is 13.4. The molecule has 0 fully saturated rings. The van der Waals surface area contributed by atoms with Gasteiger partial charge in [-0.15, -0.1) is 0 Å². The molecule has 0 saturated heterocycles. The molecule has 0 aliphatic carbocycles. The fourth-order valence-corrected chi connectivity index (χ4v) is 3.95. The van der Waals surface area contributed by atoms with E-state index in [9.17, 15) is 18.0 Å². The highest BCUT2D eigenvalue weighted by Crippen LogP contribution is 2.34. The summed E-state index contributed by atoms with van der Waals surface area (Å²) in [6.07, 6.45) is -4.65. The standard InChI is InChI=1S/C25H18Cl2F3N3O2/c1-15(34)31-18-9-5-16(6-10-18)17-7-11-20(12-8-17)35-14-19-13-23(25(28,29)30)32-33(19)24-21(26)3-2-4-22(24)27/h2-13H,14H2,1H3,(H,31,34). The Kier molecular flexibility index (Phi) is 7.05. The Balaban J connectivity index is 1.54. The third-order valence-corrected chi connectivity index (χ3v) is 5.61. The molecular formula is C25H18Cl2F3N3O2. The molecule has 180 valence electrons. The smallest absolute Gasteiger partial charge is 0.435 e. The van der Waals surface area contributed by atoms with Crippen LogP contribution in [0.2, 0.25) is 10.0 Å². The lowest BCUT2D eigenvalue weighted by Gasteiger charge is -2.12. The highest BCUT2D eigenvalue weighted by Gasteiger charge is 2.35. The molecule has 0 aliphatic rings. The number of hydrogen-bond acceptors (Lipinski definition) is 3. The summed E-state index contributed by atoms with van der Waals surface area (Å²) in [5.74, 6) is 0.301. The molecule has 1 amide bonds. The Morgan fingerprint density at radius 2 is 1.54 bits per heavy atom. The number of hydrogen-bond donors (Lipinski definition) is 1. The van der Waals surface area contributed by atoms with Gasteiger partial charge >= 0.3 is 6.18 Å². The number of amides is 1. The molecule has 0 aliphatic heterocycles. The summed E-state index contributed by atoms with van der Waals surface area (Å²) in [6.45, 7) is 1.24.